The zero-order valence-corrected chi connectivity index (χ0v) is 15.0. The monoisotopic (exact) mass is 362 g/mol. The van der Waals surface area contributed by atoms with Crippen molar-refractivity contribution >= 4 is 21.5 Å². The van der Waals surface area contributed by atoms with Crippen LogP contribution in [0.25, 0.3) is 0 Å². The first-order valence-electron chi connectivity index (χ1n) is 8.14. The zero-order chi connectivity index (χ0) is 17.7. The number of sulfone groups is 1. The molecular weight excluding hydrogens is 340 g/mol. The molecule has 1 saturated heterocycles. The lowest BCUT2D eigenvalue weighted by atomic mass is 10.1. The molecular formula is C17H22N4O3S. The number of hydrogen-bond acceptors (Lipinski definition) is 7. The van der Waals surface area contributed by atoms with Crippen molar-refractivity contribution in [3.05, 3.63) is 47.8 Å². The molecule has 7 nitrogen and oxygen atoms in total. The number of aromatic nitrogens is 2. The largest absolute Gasteiger partial charge is 0.378 e. The Kier molecular flexibility index (Phi) is 5.50. The Morgan fingerprint density at radius 3 is 2.68 bits per heavy atom. The minimum atomic E-state index is -3.04. The van der Waals surface area contributed by atoms with Crippen molar-refractivity contribution in [3.63, 3.8) is 0 Å². The lowest BCUT2D eigenvalue weighted by Crippen LogP contribution is -2.36. The molecule has 1 N–H and O–H groups in total. The number of nitrogens with one attached hydrogen (secondary N) is 1. The molecule has 134 valence electrons. The van der Waals surface area contributed by atoms with E-state index in [0.29, 0.717) is 19.8 Å². The molecule has 0 aliphatic carbocycles. The van der Waals surface area contributed by atoms with E-state index in [4.69, 9.17) is 4.74 Å². The summed E-state index contributed by atoms with van der Waals surface area (Å²) in [7, 11) is -3.04. The van der Waals surface area contributed by atoms with Crippen LogP contribution < -0.4 is 10.2 Å². The molecule has 0 amide bonds. The Balaban J connectivity index is 1.64. The third-order valence-corrected chi connectivity index (χ3v) is 4.74. The van der Waals surface area contributed by atoms with E-state index < -0.39 is 9.84 Å². The lowest BCUT2D eigenvalue weighted by molar-refractivity contribution is 0.122. The second-order valence-corrected chi connectivity index (χ2v) is 8.24. The van der Waals surface area contributed by atoms with Crippen LogP contribution in [0.5, 0.6) is 0 Å². The number of benzene rings is 1. The number of rotatable bonds is 6. The Morgan fingerprint density at radius 2 is 1.92 bits per heavy atom. The number of morpholine rings is 1. The number of nitrogens with zero attached hydrogens (tertiary/aromatic N) is 3. The average Bonchev–Trinajstić information content (AvgIpc) is 2.60. The Hall–Kier alpha value is -2.19. The maximum Gasteiger partial charge on any atom is 0.151 e. The van der Waals surface area contributed by atoms with Gasteiger partial charge in [-0.25, -0.2) is 18.4 Å². The zero-order valence-electron chi connectivity index (χ0n) is 14.2. The highest BCUT2D eigenvalue weighted by Crippen LogP contribution is 2.16. The van der Waals surface area contributed by atoms with Gasteiger partial charge in [0.2, 0.25) is 0 Å². The molecule has 1 fully saturated rings. The van der Waals surface area contributed by atoms with Gasteiger partial charge in [0, 0.05) is 32.0 Å². The molecule has 3 rings (SSSR count). The predicted molar refractivity (Wildman–Crippen MR) is 97.4 cm³/mol. The van der Waals surface area contributed by atoms with Crippen LogP contribution in [0.1, 0.15) is 11.1 Å². The summed E-state index contributed by atoms with van der Waals surface area (Å²) >= 11 is 0. The number of hydrogen-bond donors (Lipinski definition) is 1. The third-order valence-electron chi connectivity index (χ3n) is 3.88. The van der Waals surface area contributed by atoms with Crippen molar-refractivity contribution in [2.45, 2.75) is 12.3 Å². The van der Waals surface area contributed by atoms with E-state index in [1.165, 1.54) is 6.26 Å². The fraction of sp³-hybridized carbons (Fsp3) is 0.412. The van der Waals surface area contributed by atoms with E-state index in [2.05, 4.69) is 20.2 Å². The van der Waals surface area contributed by atoms with Gasteiger partial charge >= 0.3 is 0 Å². The average molecular weight is 362 g/mol. The van der Waals surface area contributed by atoms with Crippen LogP contribution in [0.2, 0.25) is 0 Å². The molecule has 0 radical (unpaired) electrons. The minimum absolute atomic E-state index is 0.0511. The van der Waals surface area contributed by atoms with Gasteiger partial charge in [0.15, 0.2) is 9.84 Å². The van der Waals surface area contributed by atoms with Gasteiger partial charge in [0.05, 0.1) is 19.0 Å². The summed E-state index contributed by atoms with van der Waals surface area (Å²) in [4.78, 5) is 10.7. The molecule has 1 aliphatic rings. The molecule has 25 heavy (non-hydrogen) atoms. The van der Waals surface area contributed by atoms with Crippen LogP contribution in [-0.4, -0.2) is 50.9 Å². The van der Waals surface area contributed by atoms with Gasteiger partial charge in [0.25, 0.3) is 0 Å². The molecule has 1 aliphatic heterocycles. The summed E-state index contributed by atoms with van der Waals surface area (Å²) in [5.41, 5.74) is 1.80. The van der Waals surface area contributed by atoms with Gasteiger partial charge < -0.3 is 15.0 Å². The van der Waals surface area contributed by atoms with Crippen LogP contribution in [0, 0.1) is 0 Å². The van der Waals surface area contributed by atoms with Crippen molar-refractivity contribution in [1.82, 2.24) is 9.97 Å². The summed E-state index contributed by atoms with van der Waals surface area (Å²) in [5, 5.41) is 3.27. The van der Waals surface area contributed by atoms with Crippen molar-refractivity contribution in [2.24, 2.45) is 0 Å². The van der Waals surface area contributed by atoms with E-state index in [0.717, 1.165) is 35.9 Å². The molecule has 0 unspecified atom stereocenters. The summed E-state index contributed by atoms with van der Waals surface area (Å²) in [6, 6.07) is 9.48. The maximum absolute atomic E-state index is 11.4. The lowest BCUT2D eigenvalue weighted by Gasteiger charge is -2.27. The molecule has 2 heterocycles. The summed E-state index contributed by atoms with van der Waals surface area (Å²) in [6.07, 6.45) is 2.79. The highest BCUT2D eigenvalue weighted by atomic mass is 32.2. The molecule has 8 heteroatoms. The minimum Gasteiger partial charge on any atom is -0.378 e. The van der Waals surface area contributed by atoms with E-state index in [1.54, 1.807) is 6.33 Å². The Morgan fingerprint density at radius 1 is 1.16 bits per heavy atom. The molecule has 1 aromatic heterocycles. The topological polar surface area (TPSA) is 84.4 Å². The third kappa shape index (κ3) is 5.40. The van der Waals surface area contributed by atoms with Crippen molar-refractivity contribution in [1.29, 1.82) is 0 Å². The van der Waals surface area contributed by atoms with Crippen LogP contribution >= 0.6 is 0 Å². The highest BCUT2D eigenvalue weighted by molar-refractivity contribution is 7.89. The predicted octanol–water partition coefficient (Wildman–Crippen LogP) is 1.47. The highest BCUT2D eigenvalue weighted by Gasteiger charge is 2.13. The van der Waals surface area contributed by atoms with E-state index in [-0.39, 0.29) is 5.75 Å². The van der Waals surface area contributed by atoms with Gasteiger partial charge in [-0.1, -0.05) is 24.3 Å². The van der Waals surface area contributed by atoms with Crippen molar-refractivity contribution in [2.75, 3.05) is 42.8 Å². The van der Waals surface area contributed by atoms with Crippen molar-refractivity contribution in [3.8, 4) is 0 Å². The second-order valence-electron chi connectivity index (χ2n) is 6.10. The summed E-state index contributed by atoms with van der Waals surface area (Å²) in [5.74, 6) is 1.67. The SMILES string of the molecule is CS(=O)(=O)Cc1cccc(CNc2cc(N3CCOCC3)ncn2)c1. The van der Waals surface area contributed by atoms with Gasteiger partial charge in [-0.2, -0.15) is 0 Å². The van der Waals surface area contributed by atoms with Crippen LogP contribution in [0.15, 0.2) is 36.7 Å². The van der Waals surface area contributed by atoms with Gasteiger partial charge in [-0.3, -0.25) is 0 Å². The first kappa shape index (κ1) is 17.6. The van der Waals surface area contributed by atoms with Gasteiger partial charge in [-0.05, 0) is 11.1 Å². The fourth-order valence-corrected chi connectivity index (χ4v) is 3.52. The van der Waals surface area contributed by atoms with E-state index in [1.807, 2.05) is 30.3 Å². The fourth-order valence-electron chi connectivity index (χ4n) is 2.73. The van der Waals surface area contributed by atoms with E-state index >= 15 is 0 Å². The van der Waals surface area contributed by atoms with Gasteiger partial charge in [-0.15, -0.1) is 0 Å². The molecule has 1 aromatic carbocycles. The molecule has 0 spiro atoms. The Bertz CT molecular complexity index is 820. The molecule has 0 bridgehead atoms. The second kappa shape index (κ2) is 7.79. The first-order valence-corrected chi connectivity index (χ1v) is 10.2. The van der Waals surface area contributed by atoms with Crippen LogP contribution in [-0.2, 0) is 26.9 Å². The maximum atomic E-state index is 11.4. The normalized spacial score (nSPS) is 15.2. The van der Waals surface area contributed by atoms with Crippen LogP contribution in [0.3, 0.4) is 0 Å². The molecule has 0 atom stereocenters. The summed E-state index contributed by atoms with van der Waals surface area (Å²) in [6.45, 7) is 3.63. The smallest absolute Gasteiger partial charge is 0.151 e. The van der Waals surface area contributed by atoms with Crippen LogP contribution in [0.4, 0.5) is 11.6 Å². The van der Waals surface area contributed by atoms with Gasteiger partial charge in [0.1, 0.15) is 18.0 Å². The van der Waals surface area contributed by atoms with E-state index in [9.17, 15) is 8.42 Å². The quantitative estimate of drug-likeness (QED) is 0.833. The van der Waals surface area contributed by atoms with Crippen molar-refractivity contribution < 1.29 is 13.2 Å². The summed E-state index contributed by atoms with van der Waals surface area (Å²) < 4.78 is 28.2. The Labute approximate surface area is 148 Å². The number of anilines is 2. The standard InChI is InChI=1S/C17H22N4O3S/c1-25(22,23)12-15-4-2-3-14(9-15)11-18-16-10-17(20-13-19-16)21-5-7-24-8-6-21/h2-4,9-10,13H,5-8,11-12H2,1H3,(H,18,19,20). The molecule has 2 aromatic rings. The molecule has 0 saturated carbocycles. The number of ether oxygens (including phenoxy) is 1. The first-order chi connectivity index (χ1) is 12.0.